The van der Waals surface area contributed by atoms with E-state index in [2.05, 4.69) is 25.6 Å². The molecule has 2 atom stereocenters. The number of thiol groups is 1. The maximum absolute atomic E-state index is 12.2. The van der Waals surface area contributed by atoms with E-state index in [0.29, 0.717) is 12.8 Å². The highest BCUT2D eigenvalue weighted by Crippen LogP contribution is 2.30. The van der Waals surface area contributed by atoms with Crippen molar-refractivity contribution in [1.29, 1.82) is 5.26 Å². The molecule has 0 aliphatic carbocycles. The molecule has 140 valence electrons. The summed E-state index contributed by atoms with van der Waals surface area (Å²) >= 11 is 5.16. The fraction of sp³-hybridized carbons (Fsp3) is 0.895. The summed E-state index contributed by atoms with van der Waals surface area (Å²) in [5.74, 6) is 0.788. The number of aliphatic hydroxyl groups is 1. The first-order valence-electron chi connectivity index (χ1n) is 9.41. The summed E-state index contributed by atoms with van der Waals surface area (Å²) in [7, 11) is 0. The molecule has 1 N–H and O–H groups in total. The van der Waals surface area contributed by atoms with Gasteiger partial charge in [0.05, 0.1) is 11.5 Å². The largest absolute Gasteiger partial charge is 0.383 e. The topological polar surface area (TPSA) is 61.1 Å². The first-order chi connectivity index (χ1) is 11.5. The number of rotatable bonds is 15. The molecule has 0 aliphatic heterocycles. The van der Waals surface area contributed by atoms with Crippen LogP contribution in [-0.4, -0.2) is 21.4 Å². The lowest BCUT2D eigenvalue weighted by atomic mass is 9.89. The van der Waals surface area contributed by atoms with Crippen LogP contribution in [0, 0.1) is 16.7 Å². The Labute approximate surface area is 158 Å². The van der Waals surface area contributed by atoms with E-state index >= 15 is 0 Å². The van der Waals surface area contributed by atoms with Crippen LogP contribution in [0.15, 0.2) is 0 Å². The Morgan fingerprint density at radius 1 is 1.12 bits per heavy atom. The molecule has 0 heterocycles. The summed E-state index contributed by atoms with van der Waals surface area (Å²) in [6, 6.07) is 2.11. The normalized spacial score (nSPS) is 14.8. The van der Waals surface area contributed by atoms with Crippen LogP contribution in [0.1, 0.15) is 90.9 Å². The van der Waals surface area contributed by atoms with Crippen molar-refractivity contribution in [1.82, 2.24) is 0 Å². The number of aliphatic hydroxyl groups excluding tert-OH is 1. The summed E-state index contributed by atoms with van der Waals surface area (Å²) in [6.45, 7) is 3.91. The van der Waals surface area contributed by atoms with E-state index in [0.717, 1.165) is 18.6 Å². The van der Waals surface area contributed by atoms with Crippen LogP contribution < -0.4 is 0 Å². The van der Waals surface area contributed by atoms with Crippen LogP contribution in [0.25, 0.3) is 0 Å². The van der Waals surface area contributed by atoms with Crippen molar-refractivity contribution in [2.45, 2.75) is 96.3 Å². The second kappa shape index (κ2) is 15.1. The third-order valence-electron chi connectivity index (χ3n) is 4.33. The highest BCUT2D eigenvalue weighted by molar-refractivity contribution is 8.13. The summed E-state index contributed by atoms with van der Waals surface area (Å²) < 4.78 is 0. The van der Waals surface area contributed by atoms with Crippen molar-refractivity contribution in [3.05, 3.63) is 0 Å². The van der Waals surface area contributed by atoms with Gasteiger partial charge in [-0.1, -0.05) is 76.5 Å². The molecule has 0 radical (unpaired) electrons. The van der Waals surface area contributed by atoms with Gasteiger partial charge in [0.15, 0.2) is 0 Å². The van der Waals surface area contributed by atoms with Crippen molar-refractivity contribution in [3.8, 4) is 6.07 Å². The minimum atomic E-state index is -1.01. The van der Waals surface area contributed by atoms with Gasteiger partial charge in [-0.05, 0) is 26.2 Å². The van der Waals surface area contributed by atoms with Gasteiger partial charge in [0.25, 0.3) is 0 Å². The number of unbranched alkanes of at least 4 members (excludes halogenated alkanes) is 9. The number of nitrogens with zero attached hydrogens (tertiary/aromatic N) is 1. The fourth-order valence-electron chi connectivity index (χ4n) is 2.54. The van der Waals surface area contributed by atoms with Gasteiger partial charge in [0.1, 0.15) is 5.41 Å². The Bertz CT molecular complexity index is 369. The van der Waals surface area contributed by atoms with Gasteiger partial charge in [-0.3, -0.25) is 4.79 Å². The molecule has 0 spiro atoms. The average Bonchev–Trinajstić information content (AvgIpc) is 2.57. The van der Waals surface area contributed by atoms with Crippen LogP contribution in [-0.2, 0) is 4.79 Å². The zero-order valence-corrected chi connectivity index (χ0v) is 17.1. The molecule has 3 nitrogen and oxygen atoms in total. The summed E-state index contributed by atoms with van der Waals surface area (Å²) in [6.07, 6.45) is 13.5. The Morgan fingerprint density at radius 2 is 1.62 bits per heavy atom. The Hall–Kier alpha value is -0.180. The van der Waals surface area contributed by atoms with E-state index in [-0.39, 0.29) is 5.12 Å². The van der Waals surface area contributed by atoms with Gasteiger partial charge in [-0.25, -0.2) is 0 Å². The predicted molar refractivity (Wildman–Crippen MR) is 107 cm³/mol. The van der Waals surface area contributed by atoms with E-state index in [4.69, 9.17) is 0 Å². The quantitative estimate of drug-likeness (QED) is 0.219. The van der Waals surface area contributed by atoms with Crippen molar-refractivity contribution in [2.75, 3.05) is 5.75 Å². The number of carbonyl (C=O) groups excluding carboxylic acids is 1. The minimum absolute atomic E-state index is 0.0742. The van der Waals surface area contributed by atoms with Crippen molar-refractivity contribution in [2.24, 2.45) is 5.41 Å². The first-order valence-corrected chi connectivity index (χ1v) is 10.9. The van der Waals surface area contributed by atoms with Crippen LogP contribution in [0.2, 0.25) is 0 Å². The lowest BCUT2D eigenvalue weighted by Gasteiger charge is -2.19. The van der Waals surface area contributed by atoms with E-state index in [9.17, 15) is 15.2 Å². The van der Waals surface area contributed by atoms with E-state index in [1.165, 1.54) is 63.1 Å². The van der Waals surface area contributed by atoms with Gasteiger partial charge >= 0.3 is 0 Å². The van der Waals surface area contributed by atoms with Gasteiger partial charge in [0.2, 0.25) is 5.12 Å². The van der Waals surface area contributed by atoms with Crippen LogP contribution >= 0.6 is 24.4 Å². The van der Waals surface area contributed by atoms with E-state index in [1.807, 2.05) is 0 Å². The fourth-order valence-corrected chi connectivity index (χ4v) is 3.66. The third-order valence-corrected chi connectivity index (χ3v) is 5.79. The third kappa shape index (κ3) is 12.2. The molecule has 0 aliphatic rings. The standard InChI is InChI=1S/C19H35NO2S2/c1-3-4-5-6-7-8-9-10-11-12-15-24-18(22)19(2,16-20)14-13-17(21)23/h17,21,23H,3-15H2,1-2H3. The lowest BCUT2D eigenvalue weighted by molar-refractivity contribution is -0.116. The Balaban J connectivity index is 3.65. The molecule has 24 heavy (non-hydrogen) atoms. The van der Waals surface area contributed by atoms with Crippen molar-refractivity contribution in [3.63, 3.8) is 0 Å². The molecule has 0 saturated carbocycles. The molecule has 0 rings (SSSR count). The maximum atomic E-state index is 12.2. The number of nitriles is 1. The monoisotopic (exact) mass is 373 g/mol. The van der Waals surface area contributed by atoms with Crippen molar-refractivity contribution >= 4 is 29.5 Å². The highest BCUT2D eigenvalue weighted by atomic mass is 32.2. The van der Waals surface area contributed by atoms with Crippen LogP contribution in [0.4, 0.5) is 0 Å². The zero-order valence-electron chi connectivity index (χ0n) is 15.4. The maximum Gasteiger partial charge on any atom is 0.208 e. The molecule has 0 aromatic carbocycles. The Kier molecular flexibility index (Phi) is 15.0. The molecule has 0 bridgehead atoms. The average molecular weight is 374 g/mol. The zero-order chi connectivity index (χ0) is 18.3. The van der Waals surface area contributed by atoms with Crippen LogP contribution in [0.5, 0.6) is 0 Å². The van der Waals surface area contributed by atoms with E-state index in [1.54, 1.807) is 6.92 Å². The van der Waals surface area contributed by atoms with Crippen LogP contribution in [0.3, 0.4) is 0 Å². The smallest absolute Gasteiger partial charge is 0.208 e. The molecule has 0 fully saturated rings. The molecule has 0 aromatic rings. The molecule has 0 amide bonds. The molecular formula is C19H35NO2S2. The number of thioether (sulfide) groups is 1. The number of hydrogen-bond donors (Lipinski definition) is 2. The molecule has 0 aromatic heterocycles. The van der Waals surface area contributed by atoms with Gasteiger partial charge < -0.3 is 5.11 Å². The summed E-state index contributed by atoms with van der Waals surface area (Å²) in [5, 5.41) is 18.4. The molecule has 2 unspecified atom stereocenters. The SMILES string of the molecule is CCCCCCCCCCCCSC(=O)C(C)(C#N)CCC(O)S. The minimum Gasteiger partial charge on any atom is -0.383 e. The second-order valence-electron chi connectivity index (χ2n) is 6.78. The summed E-state index contributed by atoms with van der Waals surface area (Å²) in [4.78, 5) is 12.2. The van der Waals surface area contributed by atoms with Gasteiger partial charge in [-0.2, -0.15) is 5.26 Å². The second-order valence-corrected chi connectivity index (χ2v) is 8.44. The molecule has 5 heteroatoms. The molecular weight excluding hydrogens is 338 g/mol. The van der Waals surface area contributed by atoms with Gasteiger partial charge in [0, 0.05) is 5.75 Å². The van der Waals surface area contributed by atoms with Crippen molar-refractivity contribution < 1.29 is 9.90 Å². The van der Waals surface area contributed by atoms with Gasteiger partial charge in [-0.15, -0.1) is 12.6 Å². The lowest BCUT2D eigenvalue weighted by Crippen LogP contribution is -2.25. The Morgan fingerprint density at radius 3 is 2.08 bits per heavy atom. The highest BCUT2D eigenvalue weighted by Gasteiger charge is 2.33. The predicted octanol–water partition coefficient (Wildman–Crippen LogP) is 5.73. The first kappa shape index (κ1) is 23.8. The molecule has 0 saturated heterocycles. The summed E-state index contributed by atoms with van der Waals surface area (Å²) in [5.41, 5.74) is -1.77. The number of hydrogen-bond acceptors (Lipinski definition) is 5. The van der Waals surface area contributed by atoms with E-state index < -0.39 is 10.9 Å². The number of carbonyl (C=O) groups is 1.